The number of fused-ring (bicyclic) bond motifs is 2. The first-order valence-corrected chi connectivity index (χ1v) is 7.28. The van der Waals surface area contributed by atoms with Crippen LogP contribution in [0.4, 0.5) is 5.95 Å². The first-order valence-electron chi connectivity index (χ1n) is 7.28. The fourth-order valence-electron chi connectivity index (χ4n) is 3.34. The summed E-state index contributed by atoms with van der Waals surface area (Å²) < 4.78 is 1.98. The molecule has 0 saturated carbocycles. The molecule has 0 aliphatic carbocycles. The molecule has 2 N–H and O–H groups in total. The number of nitrogens with two attached hydrogens (primary N) is 1. The molecule has 2 atom stereocenters. The Hall–Kier alpha value is -2.43. The van der Waals surface area contributed by atoms with E-state index in [1.807, 2.05) is 16.9 Å². The molecule has 0 bridgehead atoms. The molecule has 4 rings (SSSR count). The van der Waals surface area contributed by atoms with Crippen molar-refractivity contribution in [1.82, 2.24) is 19.7 Å². The smallest absolute Gasteiger partial charge is 0.239 e. The number of benzene rings is 1. The van der Waals surface area contributed by atoms with Gasteiger partial charge in [-0.1, -0.05) is 12.1 Å². The minimum absolute atomic E-state index is 0.271. The minimum atomic E-state index is 0.271. The SMILES string of the molecule is CC1C(c2ccc3ncccc3c2)CCc2nc(N)nn21. The van der Waals surface area contributed by atoms with Gasteiger partial charge in [0.1, 0.15) is 5.82 Å². The first-order chi connectivity index (χ1) is 10.2. The van der Waals surface area contributed by atoms with E-state index in [4.69, 9.17) is 5.73 Å². The topological polar surface area (TPSA) is 69.6 Å². The quantitative estimate of drug-likeness (QED) is 0.743. The zero-order valence-electron chi connectivity index (χ0n) is 11.9. The largest absolute Gasteiger partial charge is 0.366 e. The van der Waals surface area contributed by atoms with Gasteiger partial charge >= 0.3 is 0 Å². The third-order valence-corrected chi connectivity index (χ3v) is 4.42. The third kappa shape index (κ3) is 1.96. The molecular weight excluding hydrogens is 262 g/mol. The summed E-state index contributed by atoms with van der Waals surface area (Å²) >= 11 is 0. The summed E-state index contributed by atoms with van der Waals surface area (Å²) in [5.74, 6) is 1.81. The van der Waals surface area contributed by atoms with Crippen LogP contribution in [0.15, 0.2) is 36.5 Å². The Morgan fingerprint density at radius 1 is 1.29 bits per heavy atom. The molecule has 2 unspecified atom stereocenters. The van der Waals surface area contributed by atoms with Crippen molar-refractivity contribution in [2.45, 2.75) is 31.7 Å². The maximum atomic E-state index is 5.73. The van der Waals surface area contributed by atoms with Crippen molar-refractivity contribution in [2.24, 2.45) is 0 Å². The highest BCUT2D eigenvalue weighted by Gasteiger charge is 2.29. The van der Waals surface area contributed by atoms with Crippen LogP contribution >= 0.6 is 0 Å². The van der Waals surface area contributed by atoms with Crippen molar-refractivity contribution >= 4 is 16.9 Å². The van der Waals surface area contributed by atoms with Crippen molar-refractivity contribution < 1.29 is 0 Å². The second kappa shape index (κ2) is 4.55. The monoisotopic (exact) mass is 279 g/mol. The fraction of sp³-hybridized carbons (Fsp3) is 0.312. The van der Waals surface area contributed by atoms with E-state index in [-0.39, 0.29) is 6.04 Å². The second-order valence-corrected chi connectivity index (χ2v) is 5.67. The number of hydrogen-bond acceptors (Lipinski definition) is 4. The summed E-state index contributed by atoms with van der Waals surface area (Å²) in [6.45, 7) is 2.19. The molecule has 1 aromatic carbocycles. The van der Waals surface area contributed by atoms with Crippen LogP contribution in [0.25, 0.3) is 10.9 Å². The van der Waals surface area contributed by atoms with Crippen LogP contribution in [0.3, 0.4) is 0 Å². The van der Waals surface area contributed by atoms with Crippen LogP contribution in [-0.2, 0) is 6.42 Å². The lowest BCUT2D eigenvalue weighted by molar-refractivity contribution is 0.339. The molecular formula is C16H17N5. The maximum Gasteiger partial charge on any atom is 0.239 e. The molecule has 1 aliphatic heterocycles. The Kier molecular flexibility index (Phi) is 2.67. The zero-order valence-corrected chi connectivity index (χ0v) is 11.9. The Labute approximate surface area is 122 Å². The molecule has 0 saturated heterocycles. The summed E-state index contributed by atoms with van der Waals surface area (Å²) in [5.41, 5.74) is 8.10. The van der Waals surface area contributed by atoms with Crippen LogP contribution in [-0.4, -0.2) is 19.7 Å². The van der Waals surface area contributed by atoms with Gasteiger partial charge in [0.2, 0.25) is 5.95 Å². The number of hydrogen-bond donors (Lipinski definition) is 1. The van der Waals surface area contributed by atoms with E-state index in [9.17, 15) is 0 Å². The molecule has 5 nitrogen and oxygen atoms in total. The Morgan fingerprint density at radius 2 is 2.19 bits per heavy atom. The molecule has 2 aromatic heterocycles. The molecule has 21 heavy (non-hydrogen) atoms. The van der Waals surface area contributed by atoms with Crippen molar-refractivity contribution in [3.63, 3.8) is 0 Å². The standard InChI is InChI=1S/C16H17N5/c1-10-13(5-7-15-19-16(17)20-21(10)15)11-4-6-14-12(9-11)3-2-8-18-14/h2-4,6,8-10,13H,5,7H2,1H3,(H2,17,20). The van der Waals surface area contributed by atoms with Crippen LogP contribution in [0.5, 0.6) is 0 Å². The van der Waals surface area contributed by atoms with Gasteiger partial charge in [-0.25, -0.2) is 4.68 Å². The summed E-state index contributed by atoms with van der Waals surface area (Å²) in [5, 5.41) is 5.53. The predicted octanol–water partition coefficient (Wildman–Crippen LogP) is 2.70. The number of aromatic nitrogens is 4. The van der Waals surface area contributed by atoms with Gasteiger partial charge in [-0.2, -0.15) is 4.98 Å². The Bertz CT molecular complexity index is 807. The summed E-state index contributed by atoms with van der Waals surface area (Å²) in [7, 11) is 0. The van der Waals surface area contributed by atoms with Gasteiger partial charge in [0.25, 0.3) is 0 Å². The number of anilines is 1. The first kappa shape index (κ1) is 12.3. The Morgan fingerprint density at radius 3 is 3.10 bits per heavy atom. The van der Waals surface area contributed by atoms with Gasteiger partial charge < -0.3 is 5.73 Å². The van der Waals surface area contributed by atoms with Crippen LogP contribution in [0.1, 0.15) is 36.7 Å². The molecule has 5 heteroatoms. The lowest BCUT2D eigenvalue weighted by atomic mass is 9.85. The van der Waals surface area contributed by atoms with E-state index < -0.39 is 0 Å². The maximum absolute atomic E-state index is 5.73. The predicted molar refractivity (Wildman–Crippen MR) is 82.0 cm³/mol. The molecule has 0 radical (unpaired) electrons. The van der Waals surface area contributed by atoms with Crippen molar-refractivity contribution in [3.8, 4) is 0 Å². The number of aryl methyl sites for hydroxylation is 1. The third-order valence-electron chi connectivity index (χ3n) is 4.42. The van der Waals surface area contributed by atoms with Gasteiger partial charge in [-0.3, -0.25) is 4.98 Å². The molecule has 0 fully saturated rings. The fourth-order valence-corrected chi connectivity index (χ4v) is 3.34. The second-order valence-electron chi connectivity index (χ2n) is 5.67. The number of rotatable bonds is 1. The van der Waals surface area contributed by atoms with Crippen molar-refractivity contribution in [3.05, 3.63) is 47.9 Å². The van der Waals surface area contributed by atoms with Crippen LogP contribution in [0.2, 0.25) is 0 Å². The molecule has 0 amide bonds. The van der Waals surface area contributed by atoms with Gasteiger partial charge in [0, 0.05) is 23.9 Å². The highest BCUT2D eigenvalue weighted by atomic mass is 15.4. The normalized spacial score (nSPS) is 21.4. The number of nitrogens with zero attached hydrogens (tertiary/aromatic N) is 4. The van der Waals surface area contributed by atoms with E-state index in [1.165, 1.54) is 10.9 Å². The van der Waals surface area contributed by atoms with E-state index >= 15 is 0 Å². The van der Waals surface area contributed by atoms with E-state index in [1.54, 1.807) is 0 Å². The van der Waals surface area contributed by atoms with Gasteiger partial charge in [0.05, 0.1) is 11.6 Å². The number of nitrogen functional groups attached to an aromatic ring is 1. The highest BCUT2D eigenvalue weighted by Crippen LogP contribution is 2.37. The minimum Gasteiger partial charge on any atom is -0.366 e. The Balaban J connectivity index is 1.75. The molecule has 3 heterocycles. The van der Waals surface area contributed by atoms with Crippen LogP contribution in [0, 0.1) is 0 Å². The molecule has 0 spiro atoms. The average Bonchev–Trinajstić information content (AvgIpc) is 2.89. The van der Waals surface area contributed by atoms with Crippen molar-refractivity contribution in [1.29, 1.82) is 0 Å². The highest BCUT2D eigenvalue weighted by molar-refractivity contribution is 5.79. The van der Waals surface area contributed by atoms with E-state index in [0.717, 1.165) is 24.2 Å². The molecule has 3 aromatic rings. The zero-order chi connectivity index (χ0) is 14.4. The summed E-state index contributed by atoms with van der Waals surface area (Å²) in [4.78, 5) is 8.68. The van der Waals surface area contributed by atoms with Crippen molar-refractivity contribution in [2.75, 3.05) is 5.73 Å². The van der Waals surface area contributed by atoms with Gasteiger partial charge in [-0.05, 0) is 37.1 Å². The average molecular weight is 279 g/mol. The summed E-state index contributed by atoms with van der Waals surface area (Å²) in [6, 6.07) is 10.9. The summed E-state index contributed by atoms with van der Waals surface area (Å²) in [6.07, 6.45) is 3.82. The lowest BCUT2D eigenvalue weighted by Crippen LogP contribution is -2.24. The number of pyridine rings is 1. The molecule has 1 aliphatic rings. The van der Waals surface area contributed by atoms with E-state index in [0.29, 0.717) is 11.9 Å². The van der Waals surface area contributed by atoms with E-state index in [2.05, 4.69) is 46.3 Å². The lowest BCUT2D eigenvalue weighted by Gasteiger charge is -2.30. The van der Waals surface area contributed by atoms with Crippen LogP contribution < -0.4 is 5.73 Å². The van der Waals surface area contributed by atoms with Gasteiger partial charge in [-0.15, -0.1) is 5.10 Å². The molecule has 106 valence electrons. The van der Waals surface area contributed by atoms with Gasteiger partial charge in [0.15, 0.2) is 0 Å².